The van der Waals surface area contributed by atoms with Crippen molar-refractivity contribution >= 4 is 16.9 Å². The van der Waals surface area contributed by atoms with Gasteiger partial charge in [-0.25, -0.2) is 0 Å². The van der Waals surface area contributed by atoms with E-state index >= 15 is 0 Å². The van der Waals surface area contributed by atoms with Crippen LogP contribution in [0.15, 0.2) is 53.4 Å². The highest BCUT2D eigenvalue weighted by molar-refractivity contribution is 8.14. The summed E-state index contributed by atoms with van der Waals surface area (Å²) < 4.78 is 10.8. The third-order valence-corrected chi connectivity index (χ3v) is 4.52. The summed E-state index contributed by atoms with van der Waals surface area (Å²) in [7, 11) is 1.61. The molecule has 0 amide bonds. The maximum atomic E-state index is 12.2. The van der Waals surface area contributed by atoms with E-state index in [1.54, 1.807) is 31.4 Å². The zero-order chi connectivity index (χ0) is 16.7. The van der Waals surface area contributed by atoms with Gasteiger partial charge in [0.05, 0.1) is 13.7 Å². The van der Waals surface area contributed by atoms with E-state index in [1.807, 2.05) is 24.3 Å². The minimum Gasteiger partial charge on any atom is -0.497 e. The van der Waals surface area contributed by atoms with E-state index in [4.69, 9.17) is 9.47 Å². The molecule has 0 spiro atoms. The van der Waals surface area contributed by atoms with Gasteiger partial charge in [0, 0.05) is 10.5 Å². The molecule has 0 aliphatic heterocycles. The van der Waals surface area contributed by atoms with E-state index in [-0.39, 0.29) is 5.12 Å². The summed E-state index contributed by atoms with van der Waals surface area (Å²) in [5.41, 5.74) is 0.660. The van der Waals surface area contributed by atoms with Crippen LogP contribution in [0.3, 0.4) is 0 Å². The molecule has 0 aliphatic carbocycles. The van der Waals surface area contributed by atoms with Crippen molar-refractivity contribution in [2.24, 2.45) is 5.92 Å². The number of carbonyl (C=O) groups is 1. The Labute approximate surface area is 142 Å². The van der Waals surface area contributed by atoms with Crippen LogP contribution in [0.5, 0.6) is 11.5 Å². The van der Waals surface area contributed by atoms with Gasteiger partial charge >= 0.3 is 0 Å². The molecule has 0 N–H and O–H groups in total. The zero-order valence-electron chi connectivity index (χ0n) is 13.7. The number of rotatable bonds is 7. The Bertz CT molecular complexity index is 620. The van der Waals surface area contributed by atoms with Gasteiger partial charge in [-0.1, -0.05) is 20.3 Å². The highest BCUT2D eigenvalue weighted by atomic mass is 32.2. The topological polar surface area (TPSA) is 35.5 Å². The molecule has 2 rings (SSSR count). The first-order valence-corrected chi connectivity index (χ1v) is 8.53. The molecule has 0 fully saturated rings. The van der Waals surface area contributed by atoms with Gasteiger partial charge in [0.1, 0.15) is 11.5 Å². The van der Waals surface area contributed by atoms with Crippen LogP contribution in [0.4, 0.5) is 0 Å². The van der Waals surface area contributed by atoms with Crippen LogP contribution in [0.2, 0.25) is 0 Å². The summed E-state index contributed by atoms with van der Waals surface area (Å²) >= 11 is 1.21. The minimum absolute atomic E-state index is 0.0147. The van der Waals surface area contributed by atoms with Crippen molar-refractivity contribution in [2.45, 2.75) is 25.2 Å². The Morgan fingerprint density at radius 3 is 2.22 bits per heavy atom. The van der Waals surface area contributed by atoms with Crippen LogP contribution in [0.25, 0.3) is 0 Å². The lowest BCUT2D eigenvalue weighted by atomic mass is 10.1. The van der Waals surface area contributed by atoms with Crippen molar-refractivity contribution in [3.63, 3.8) is 0 Å². The lowest BCUT2D eigenvalue weighted by Crippen LogP contribution is -2.06. The predicted molar refractivity (Wildman–Crippen MR) is 94.6 cm³/mol. The monoisotopic (exact) mass is 330 g/mol. The van der Waals surface area contributed by atoms with Gasteiger partial charge in [0.25, 0.3) is 0 Å². The molecule has 1 atom stereocenters. The van der Waals surface area contributed by atoms with E-state index in [0.29, 0.717) is 18.1 Å². The fourth-order valence-electron chi connectivity index (χ4n) is 1.85. The van der Waals surface area contributed by atoms with Gasteiger partial charge < -0.3 is 9.47 Å². The molecule has 0 bridgehead atoms. The fourth-order valence-corrected chi connectivity index (χ4v) is 2.59. The molecular weight excluding hydrogens is 308 g/mol. The van der Waals surface area contributed by atoms with Gasteiger partial charge in [-0.15, -0.1) is 0 Å². The number of hydrogen-bond donors (Lipinski definition) is 0. The van der Waals surface area contributed by atoms with E-state index in [0.717, 1.165) is 22.8 Å². The van der Waals surface area contributed by atoms with Gasteiger partial charge in [-0.05, 0) is 66.2 Å². The molecule has 0 heterocycles. The van der Waals surface area contributed by atoms with Gasteiger partial charge in [-0.2, -0.15) is 0 Å². The number of carbonyl (C=O) groups excluding carboxylic acids is 1. The summed E-state index contributed by atoms with van der Waals surface area (Å²) in [4.78, 5) is 13.1. The third kappa shape index (κ3) is 5.32. The van der Waals surface area contributed by atoms with E-state index in [1.165, 1.54) is 11.8 Å². The standard InChI is InChI=1S/C19H22O3S/c1-4-14(2)13-22-17-9-11-18(12-10-17)23-19(20)15-5-7-16(21-3)8-6-15/h5-12,14H,4,13H2,1-3H3. The van der Waals surface area contributed by atoms with Crippen molar-refractivity contribution in [1.82, 2.24) is 0 Å². The van der Waals surface area contributed by atoms with Crippen molar-refractivity contribution in [3.8, 4) is 11.5 Å². The maximum absolute atomic E-state index is 12.2. The van der Waals surface area contributed by atoms with Gasteiger partial charge in [-0.3, -0.25) is 4.79 Å². The molecule has 0 saturated carbocycles. The molecule has 1 unspecified atom stereocenters. The normalized spacial score (nSPS) is 11.8. The number of thioether (sulfide) groups is 1. The molecule has 0 aromatic heterocycles. The highest BCUT2D eigenvalue weighted by Crippen LogP contribution is 2.26. The SMILES string of the molecule is CCC(C)COc1ccc(SC(=O)c2ccc(OC)cc2)cc1. The molecule has 2 aromatic rings. The van der Waals surface area contributed by atoms with E-state index < -0.39 is 0 Å². The Balaban J connectivity index is 1.93. The Kier molecular flexibility index (Phi) is 6.53. The molecule has 122 valence electrons. The smallest absolute Gasteiger partial charge is 0.224 e. The zero-order valence-corrected chi connectivity index (χ0v) is 14.6. The molecule has 4 heteroatoms. The molecule has 23 heavy (non-hydrogen) atoms. The predicted octanol–water partition coefficient (Wildman–Crippen LogP) is 5.05. The molecule has 3 nitrogen and oxygen atoms in total. The average molecular weight is 330 g/mol. The summed E-state index contributed by atoms with van der Waals surface area (Å²) in [6, 6.07) is 14.8. The summed E-state index contributed by atoms with van der Waals surface area (Å²) in [6.45, 7) is 5.03. The Morgan fingerprint density at radius 1 is 1.04 bits per heavy atom. The van der Waals surface area contributed by atoms with Crippen molar-refractivity contribution in [3.05, 3.63) is 54.1 Å². The van der Waals surface area contributed by atoms with Crippen LogP contribution >= 0.6 is 11.8 Å². The van der Waals surface area contributed by atoms with E-state index in [9.17, 15) is 4.79 Å². The number of hydrogen-bond acceptors (Lipinski definition) is 4. The summed E-state index contributed by atoms with van der Waals surface area (Å²) in [5, 5.41) is 0.0147. The Hall–Kier alpha value is -1.94. The minimum atomic E-state index is 0.0147. The van der Waals surface area contributed by atoms with Crippen LogP contribution < -0.4 is 9.47 Å². The van der Waals surface area contributed by atoms with Gasteiger partial charge in [0.15, 0.2) is 0 Å². The second-order valence-electron chi connectivity index (χ2n) is 5.41. The number of methoxy groups -OCH3 is 1. The molecule has 2 aromatic carbocycles. The summed E-state index contributed by atoms with van der Waals surface area (Å²) in [5.74, 6) is 2.13. The lowest BCUT2D eigenvalue weighted by Gasteiger charge is -2.11. The van der Waals surface area contributed by atoms with Crippen LogP contribution in [-0.4, -0.2) is 18.8 Å². The summed E-state index contributed by atoms with van der Waals surface area (Å²) in [6.07, 6.45) is 1.10. The number of benzene rings is 2. The number of ether oxygens (including phenoxy) is 2. The fraction of sp³-hybridized carbons (Fsp3) is 0.316. The van der Waals surface area contributed by atoms with Crippen molar-refractivity contribution in [1.29, 1.82) is 0 Å². The lowest BCUT2D eigenvalue weighted by molar-refractivity contribution is 0.108. The van der Waals surface area contributed by atoms with Crippen molar-refractivity contribution < 1.29 is 14.3 Å². The first-order chi connectivity index (χ1) is 11.1. The molecule has 0 aliphatic rings. The largest absolute Gasteiger partial charge is 0.497 e. The molecular formula is C19H22O3S. The average Bonchev–Trinajstić information content (AvgIpc) is 2.60. The maximum Gasteiger partial charge on any atom is 0.224 e. The second kappa shape index (κ2) is 8.63. The highest BCUT2D eigenvalue weighted by Gasteiger charge is 2.09. The quantitative estimate of drug-likeness (QED) is 0.665. The molecule has 0 radical (unpaired) electrons. The van der Waals surface area contributed by atoms with Crippen molar-refractivity contribution in [2.75, 3.05) is 13.7 Å². The van der Waals surface area contributed by atoms with Crippen LogP contribution in [0.1, 0.15) is 30.6 Å². The van der Waals surface area contributed by atoms with Crippen LogP contribution in [0, 0.1) is 5.92 Å². The third-order valence-electron chi connectivity index (χ3n) is 3.59. The first-order valence-electron chi connectivity index (χ1n) is 7.71. The molecule has 0 saturated heterocycles. The van der Waals surface area contributed by atoms with Gasteiger partial charge in [0.2, 0.25) is 5.12 Å². The Morgan fingerprint density at radius 2 is 1.65 bits per heavy atom. The van der Waals surface area contributed by atoms with Crippen LogP contribution in [-0.2, 0) is 0 Å². The van der Waals surface area contributed by atoms with E-state index in [2.05, 4.69) is 13.8 Å². The second-order valence-corrected chi connectivity index (χ2v) is 6.46. The first kappa shape index (κ1) is 17.4.